The van der Waals surface area contributed by atoms with E-state index in [2.05, 4.69) is 5.10 Å². The van der Waals surface area contributed by atoms with Crippen molar-refractivity contribution in [2.24, 2.45) is 18.7 Å². The summed E-state index contributed by atoms with van der Waals surface area (Å²) in [6.45, 7) is 0. The largest absolute Gasteiger partial charge is 0.493 e. The van der Waals surface area contributed by atoms with E-state index in [0.29, 0.717) is 11.4 Å². The Morgan fingerprint density at radius 3 is 2.89 bits per heavy atom. The van der Waals surface area contributed by atoms with Crippen LogP contribution in [-0.4, -0.2) is 28.7 Å². The highest BCUT2D eigenvalue weighted by Crippen LogP contribution is 2.28. The number of nitrogens with zero attached hydrogens (tertiary/aromatic N) is 2. The van der Waals surface area contributed by atoms with E-state index in [0.717, 1.165) is 25.7 Å². The standard InChI is InChI=1S/C13H21N3O2/c1-16-12(11(18-2)8-15-16)13(17)9-6-4-3-5-7-10(9)14/h8-10H,3-7,14H2,1-2H3. The molecule has 0 aromatic carbocycles. The minimum Gasteiger partial charge on any atom is -0.493 e. The molecule has 0 aliphatic heterocycles. The van der Waals surface area contributed by atoms with Gasteiger partial charge in [-0.3, -0.25) is 9.48 Å². The molecular formula is C13H21N3O2. The Kier molecular flexibility index (Phi) is 4.01. The molecule has 2 N–H and O–H groups in total. The van der Waals surface area contributed by atoms with Gasteiger partial charge >= 0.3 is 0 Å². The van der Waals surface area contributed by atoms with Crippen molar-refractivity contribution in [2.45, 2.75) is 38.1 Å². The number of hydrogen-bond acceptors (Lipinski definition) is 4. The molecule has 0 bridgehead atoms. The van der Waals surface area contributed by atoms with Crippen LogP contribution in [0.5, 0.6) is 5.75 Å². The van der Waals surface area contributed by atoms with Crippen LogP contribution in [0.4, 0.5) is 0 Å². The van der Waals surface area contributed by atoms with Crippen LogP contribution in [0.15, 0.2) is 6.20 Å². The molecule has 5 heteroatoms. The first kappa shape index (κ1) is 13.1. The van der Waals surface area contributed by atoms with Gasteiger partial charge in [0.1, 0.15) is 5.69 Å². The highest BCUT2D eigenvalue weighted by atomic mass is 16.5. The number of methoxy groups -OCH3 is 1. The summed E-state index contributed by atoms with van der Waals surface area (Å²) in [5.74, 6) is 0.511. The average Bonchev–Trinajstić information content (AvgIpc) is 2.59. The Morgan fingerprint density at radius 2 is 2.17 bits per heavy atom. The maximum Gasteiger partial charge on any atom is 0.189 e. The molecule has 1 aliphatic rings. The number of ketones is 1. The number of Topliss-reactive ketones (excluding diaryl/α,β-unsaturated/α-hetero) is 1. The number of aromatic nitrogens is 2. The quantitative estimate of drug-likeness (QED) is 0.653. The van der Waals surface area contributed by atoms with Crippen molar-refractivity contribution in [1.82, 2.24) is 9.78 Å². The van der Waals surface area contributed by atoms with Gasteiger partial charge in [0.25, 0.3) is 0 Å². The van der Waals surface area contributed by atoms with Crippen molar-refractivity contribution >= 4 is 5.78 Å². The van der Waals surface area contributed by atoms with Crippen molar-refractivity contribution in [1.29, 1.82) is 0 Å². The van der Waals surface area contributed by atoms with Crippen LogP contribution in [0, 0.1) is 5.92 Å². The number of ether oxygens (including phenoxy) is 1. The number of carbonyl (C=O) groups is 1. The van der Waals surface area contributed by atoms with E-state index in [1.165, 1.54) is 6.42 Å². The Morgan fingerprint density at radius 1 is 1.44 bits per heavy atom. The third-order valence-electron chi connectivity index (χ3n) is 3.76. The van der Waals surface area contributed by atoms with Gasteiger partial charge in [-0.1, -0.05) is 19.3 Å². The minimum atomic E-state index is -0.100. The molecule has 1 aliphatic carbocycles. The highest BCUT2D eigenvalue weighted by molar-refractivity contribution is 5.99. The monoisotopic (exact) mass is 251 g/mol. The van der Waals surface area contributed by atoms with Gasteiger partial charge in [-0.25, -0.2) is 0 Å². The third kappa shape index (κ3) is 2.41. The van der Waals surface area contributed by atoms with Crippen molar-refractivity contribution in [2.75, 3.05) is 7.11 Å². The normalized spacial score (nSPS) is 24.6. The topological polar surface area (TPSA) is 70.1 Å². The van der Waals surface area contributed by atoms with Crippen molar-refractivity contribution < 1.29 is 9.53 Å². The molecule has 0 saturated heterocycles. The van der Waals surface area contributed by atoms with E-state index in [1.54, 1.807) is 25.0 Å². The number of rotatable bonds is 3. The number of aryl methyl sites for hydroxylation is 1. The van der Waals surface area contributed by atoms with E-state index in [1.807, 2.05) is 0 Å². The van der Waals surface area contributed by atoms with Crippen LogP contribution >= 0.6 is 0 Å². The van der Waals surface area contributed by atoms with E-state index >= 15 is 0 Å². The first-order valence-electron chi connectivity index (χ1n) is 6.51. The lowest BCUT2D eigenvalue weighted by molar-refractivity contribution is 0.0881. The van der Waals surface area contributed by atoms with Crippen molar-refractivity contribution in [3.63, 3.8) is 0 Å². The molecule has 100 valence electrons. The highest BCUT2D eigenvalue weighted by Gasteiger charge is 2.31. The Balaban J connectivity index is 2.26. The number of carbonyl (C=O) groups excluding carboxylic acids is 1. The molecule has 1 heterocycles. The SMILES string of the molecule is COc1cnn(C)c1C(=O)C1CCCCCC1N. The van der Waals surface area contributed by atoms with Crippen LogP contribution in [0.3, 0.4) is 0 Å². The zero-order chi connectivity index (χ0) is 13.1. The van der Waals surface area contributed by atoms with Gasteiger partial charge in [-0.05, 0) is 12.8 Å². The van der Waals surface area contributed by atoms with E-state index < -0.39 is 0 Å². The second-order valence-corrected chi connectivity index (χ2v) is 4.96. The summed E-state index contributed by atoms with van der Waals surface area (Å²) < 4.78 is 6.78. The fourth-order valence-corrected chi connectivity index (χ4v) is 2.69. The summed E-state index contributed by atoms with van der Waals surface area (Å²) >= 11 is 0. The summed E-state index contributed by atoms with van der Waals surface area (Å²) in [5, 5.41) is 4.08. The number of nitrogens with two attached hydrogens (primary N) is 1. The summed E-state index contributed by atoms with van der Waals surface area (Å²) in [7, 11) is 3.32. The lowest BCUT2D eigenvalue weighted by Crippen LogP contribution is -2.35. The molecule has 2 unspecified atom stereocenters. The molecule has 5 nitrogen and oxygen atoms in total. The maximum atomic E-state index is 12.6. The van der Waals surface area contributed by atoms with Gasteiger partial charge in [-0.15, -0.1) is 0 Å². The molecule has 0 radical (unpaired) electrons. The fourth-order valence-electron chi connectivity index (χ4n) is 2.69. The molecule has 0 amide bonds. The summed E-state index contributed by atoms with van der Waals surface area (Å²) in [5.41, 5.74) is 6.68. The minimum absolute atomic E-state index is 0.0420. The first-order valence-corrected chi connectivity index (χ1v) is 6.51. The number of hydrogen-bond donors (Lipinski definition) is 1. The molecule has 1 aromatic rings. The second-order valence-electron chi connectivity index (χ2n) is 4.96. The van der Waals surface area contributed by atoms with E-state index in [9.17, 15) is 4.79 Å². The smallest absolute Gasteiger partial charge is 0.189 e. The second kappa shape index (κ2) is 5.52. The molecule has 1 fully saturated rings. The third-order valence-corrected chi connectivity index (χ3v) is 3.76. The molecule has 2 atom stereocenters. The van der Waals surface area contributed by atoms with Crippen molar-refractivity contribution in [3.05, 3.63) is 11.9 Å². The first-order chi connectivity index (χ1) is 8.65. The van der Waals surface area contributed by atoms with E-state index in [4.69, 9.17) is 10.5 Å². The van der Waals surface area contributed by atoms with Crippen LogP contribution in [0.25, 0.3) is 0 Å². The lowest BCUT2D eigenvalue weighted by Gasteiger charge is -2.20. The van der Waals surface area contributed by atoms with Gasteiger partial charge in [-0.2, -0.15) is 5.10 Å². The fraction of sp³-hybridized carbons (Fsp3) is 0.692. The van der Waals surface area contributed by atoms with Gasteiger partial charge in [0.05, 0.1) is 13.3 Å². The molecule has 1 saturated carbocycles. The van der Waals surface area contributed by atoms with Gasteiger partial charge < -0.3 is 10.5 Å². The molecular weight excluding hydrogens is 230 g/mol. The predicted octanol–water partition coefficient (Wildman–Crippen LogP) is 1.52. The zero-order valence-electron chi connectivity index (χ0n) is 11.1. The maximum absolute atomic E-state index is 12.6. The van der Waals surface area contributed by atoms with Gasteiger partial charge in [0, 0.05) is 19.0 Å². The van der Waals surface area contributed by atoms with Crippen LogP contribution in [0.2, 0.25) is 0 Å². The van der Waals surface area contributed by atoms with Gasteiger partial charge in [0.15, 0.2) is 11.5 Å². The molecule has 2 rings (SSSR count). The molecule has 18 heavy (non-hydrogen) atoms. The Bertz CT molecular complexity index is 428. The summed E-state index contributed by atoms with van der Waals surface area (Å²) in [4.78, 5) is 12.6. The van der Waals surface area contributed by atoms with E-state index in [-0.39, 0.29) is 17.7 Å². The van der Waals surface area contributed by atoms with Crippen molar-refractivity contribution in [3.8, 4) is 5.75 Å². The van der Waals surface area contributed by atoms with Crippen LogP contribution in [-0.2, 0) is 7.05 Å². The van der Waals surface area contributed by atoms with Gasteiger partial charge in [0.2, 0.25) is 0 Å². The average molecular weight is 251 g/mol. The lowest BCUT2D eigenvalue weighted by atomic mass is 9.89. The zero-order valence-corrected chi connectivity index (χ0v) is 11.1. The summed E-state index contributed by atoms with van der Waals surface area (Å²) in [6.07, 6.45) is 6.73. The Hall–Kier alpha value is -1.36. The van der Waals surface area contributed by atoms with Crippen LogP contribution in [0.1, 0.15) is 42.6 Å². The van der Waals surface area contributed by atoms with Crippen LogP contribution < -0.4 is 10.5 Å². The molecule has 1 aromatic heterocycles. The molecule has 0 spiro atoms. The Labute approximate surface area is 107 Å². The summed E-state index contributed by atoms with van der Waals surface area (Å²) in [6, 6.07) is -0.0420. The predicted molar refractivity (Wildman–Crippen MR) is 68.6 cm³/mol.